The molecule has 2 aliphatic rings. The first-order valence-corrected chi connectivity index (χ1v) is 26.2. The second-order valence-electron chi connectivity index (χ2n) is 19.6. The molecule has 388 valence electrons. The molecule has 7 heterocycles. The van der Waals surface area contributed by atoms with E-state index in [1.165, 1.54) is 6.42 Å². The van der Waals surface area contributed by atoms with Crippen LogP contribution in [0.25, 0.3) is 27.8 Å². The Labute approximate surface area is 430 Å². The van der Waals surface area contributed by atoms with Gasteiger partial charge in [-0.25, -0.2) is 19.9 Å². The summed E-state index contributed by atoms with van der Waals surface area (Å²) < 4.78 is 15.9. The van der Waals surface area contributed by atoms with E-state index in [0.29, 0.717) is 48.1 Å². The first kappa shape index (κ1) is 51.2. The van der Waals surface area contributed by atoms with Gasteiger partial charge < -0.3 is 60.0 Å². The maximum Gasteiger partial charge on any atom is 0.227 e. The van der Waals surface area contributed by atoms with Crippen molar-refractivity contribution in [3.63, 3.8) is 0 Å². The number of ether oxygens (including phenoxy) is 2. The van der Waals surface area contributed by atoms with Gasteiger partial charge >= 0.3 is 0 Å². The van der Waals surface area contributed by atoms with Crippen molar-refractivity contribution < 1.29 is 14.6 Å². The van der Waals surface area contributed by atoms with Crippen LogP contribution < -0.4 is 35.6 Å². The van der Waals surface area contributed by atoms with Crippen molar-refractivity contribution in [1.82, 2.24) is 48.8 Å². The third-order valence-corrected chi connectivity index (χ3v) is 14.6. The SMILES string of the molecule is CCc1cnn2c(NCc3ccc(OCCCN4CCN(CCCN(C)CCN(C)c5cc(OC)c(Nc6nccc(-c7cn(C)c8ccccc78)n6)cc5N)CC4)nc3)cc(N3CCCC[C@H]3CCO)nc12. The summed E-state index contributed by atoms with van der Waals surface area (Å²) in [6.07, 6.45) is 14.8. The van der Waals surface area contributed by atoms with E-state index in [1.807, 2.05) is 60.4 Å². The molecule has 0 radical (unpaired) electrons. The van der Waals surface area contributed by atoms with Gasteiger partial charge in [0, 0.05) is 144 Å². The molecular formula is C55H75N15O3. The topological polar surface area (TPSA) is 179 Å². The number of pyridine rings is 1. The van der Waals surface area contributed by atoms with E-state index >= 15 is 0 Å². The molecule has 5 N–H and O–H groups in total. The second-order valence-corrected chi connectivity index (χ2v) is 19.6. The van der Waals surface area contributed by atoms with Gasteiger partial charge in [0.1, 0.15) is 17.4 Å². The fourth-order valence-electron chi connectivity index (χ4n) is 10.3. The minimum Gasteiger partial charge on any atom is -0.494 e. The van der Waals surface area contributed by atoms with Gasteiger partial charge in [-0.1, -0.05) is 31.2 Å². The Balaban J connectivity index is 0.659. The summed E-state index contributed by atoms with van der Waals surface area (Å²) in [5.41, 5.74) is 15.0. The highest BCUT2D eigenvalue weighted by atomic mass is 16.5. The van der Waals surface area contributed by atoms with E-state index in [-0.39, 0.29) is 6.61 Å². The number of nitrogens with zero attached hydrogens (tertiary/aromatic N) is 12. The Kier molecular flexibility index (Phi) is 17.1. The molecule has 18 nitrogen and oxygen atoms in total. The average Bonchev–Trinajstić information content (AvgIpc) is 4.00. The van der Waals surface area contributed by atoms with Crippen LogP contribution in [-0.4, -0.2) is 160 Å². The molecule has 0 aliphatic carbocycles. The maximum absolute atomic E-state index is 9.75. The van der Waals surface area contributed by atoms with Crippen molar-refractivity contribution in [3.8, 4) is 22.9 Å². The zero-order chi connectivity index (χ0) is 50.7. The number of aliphatic hydroxyl groups excluding tert-OH is 1. The van der Waals surface area contributed by atoms with Crippen LogP contribution in [-0.2, 0) is 20.0 Å². The smallest absolute Gasteiger partial charge is 0.227 e. The summed E-state index contributed by atoms with van der Waals surface area (Å²) in [6.45, 7) is 13.7. The van der Waals surface area contributed by atoms with Crippen molar-refractivity contribution in [2.75, 3.05) is 126 Å². The van der Waals surface area contributed by atoms with Crippen molar-refractivity contribution >= 4 is 51.2 Å². The van der Waals surface area contributed by atoms with Gasteiger partial charge in [-0.3, -0.25) is 0 Å². The van der Waals surface area contributed by atoms with E-state index in [0.717, 1.165) is 160 Å². The number of methoxy groups -OCH3 is 1. The van der Waals surface area contributed by atoms with Gasteiger partial charge in [0.25, 0.3) is 0 Å². The molecule has 2 aromatic carbocycles. The molecule has 7 aromatic rings. The molecule has 18 heteroatoms. The molecule has 5 aromatic heterocycles. The minimum absolute atomic E-state index is 0.183. The van der Waals surface area contributed by atoms with E-state index < -0.39 is 0 Å². The van der Waals surface area contributed by atoms with Crippen molar-refractivity contribution in [3.05, 3.63) is 96.6 Å². The van der Waals surface area contributed by atoms with E-state index in [1.54, 1.807) is 13.3 Å². The Hall–Kier alpha value is -6.73. The summed E-state index contributed by atoms with van der Waals surface area (Å²) in [7, 11) is 7.99. The quantitative estimate of drug-likeness (QED) is 0.0354. The molecule has 1 atom stereocenters. The second kappa shape index (κ2) is 24.3. The third kappa shape index (κ3) is 12.6. The Morgan fingerprint density at radius 2 is 1.71 bits per heavy atom. The van der Waals surface area contributed by atoms with Crippen LogP contribution in [0.2, 0.25) is 0 Å². The monoisotopic (exact) mass is 994 g/mol. The lowest BCUT2D eigenvalue weighted by Gasteiger charge is -2.36. The van der Waals surface area contributed by atoms with Crippen molar-refractivity contribution in [2.45, 2.75) is 64.5 Å². The Bertz CT molecular complexity index is 2880. The number of nitrogens with two attached hydrogens (primary N) is 1. The molecule has 2 aliphatic heterocycles. The number of para-hydroxylation sites is 1. The number of hydrogen-bond donors (Lipinski definition) is 4. The summed E-state index contributed by atoms with van der Waals surface area (Å²) in [6, 6.07) is 20.6. The number of aryl methyl sites for hydroxylation is 2. The van der Waals surface area contributed by atoms with Gasteiger partial charge in [0.2, 0.25) is 11.8 Å². The molecule has 0 bridgehead atoms. The highest BCUT2D eigenvalue weighted by molar-refractivity contribution is 5.95. The van der Waals surface area contributed by atoms with Gasteiger partial charge in [-0.2, -0.15) is 9.61 Å². The predicted octanol–water partition coefficient (Wildman–Crippen LogP) is 7.17. The Morgan fingerprint density at radius 3 is 2.49 bits per heavy atom. The number of fused-ring (bicyclic) bond motifs is 2. The number of rotatable bonds is 24. The first-order valence-electron chi connectivity index (χ1n) is 26.2. The minimum atomic E-state index is 0.183. The van der Waals surface area contributed by atoms with Crippen LogP contribution >= 0.6 is 0 Å². The van der Waals surface area contributed by atoms with E-state index in [4.69, 9.17) is 25.2 Å². The van der Waals surface area contributed by atoms with Gasteiger partial charge in [0.05, 0.1) is 42.7 Å². The molecule has 0 unspecified atom stereocenters. The molecule has 0 amide bonds. The molecular weight excluding hydrogens is 919 g/mol. The number of piperazine rings is 1. The van der Waals surface area contributed by atoms with Crippen molar-refractivity contribution in [1.29, 1.82) is 0 Å². The number of hydrogen-bond acceptors (Lipinski definition) is 16. The summed E-state index contributed by atoms with van der Waals surface area (Å²) in [5, 5.41) is 22.5. The zero-order valence-electron chi connectivity index (χ0n) is 43.5. The zero-order valence-corrected chi connectivity index (χ0v) is 43.5. The van der Waals surface area contributed by atoms with Gasteiger partial charge in [0.15, 0.2) is 5.65 Å². The van der Waals surface area contributed by atoms with Gasteiger partial charge in [-0.15, -0.1) is 0 Å². The van der Waals surface area contributed by atoms with Gasteiger partial charge in [-0.05, 0) is 88.8 Å². The average molecular weight is 994 g/mol. The number of anilines is 6. The van der Waals surface area contributed by atoms with Crippen molar-refractivity contribution in [2.24, 2.45) is 7.05 Å². The number of nitrogens with one attached hydrogen (secondary N) is 2. The van der Waals surface area contributed by atoms with E-state index in [2.05, 4.69) is 106 Å². The lowest BCUT2D eigenvalue weighted by atomic mass is 9.99. The summed E-state index contributed by atoms with van der Waals surface area (Å²) >= 11 is 0. The van der Waals surface area contributed by atoms with Crippen LogP contribution in [0, 0.1) is 0 Å². The normalized spacial score (nSPS) is 15.7. The van der Waals surface area contributed by atoms with Crippen LogP contribution in [0.3, 0.4) is 0 Å². The molecule has 9 rings (SSSR count). The van der Waals surface area contributed by atoms with Crippen LogP contribution in [0.15, 0.2) is 85.5 Å². The van der Waals surface area contributed by atoms with Crippen LogP contribution in [0.1, 0.15) is 56.6 Å². The lowest BCUT2D eigenvalue weighted by molar-refractivity contribution is 0.122. The molecule has 0 saturated carbocycles. The van der Waals surface area contributed by atoms with Crippen LogP contribution in [0.5, 0.6) is 11.6 Å². The number of piperidine rings is 1. The van der Waals surface area contributed by atoms with Crippen LogP contribution in [0.4, 0.5) is 34.6 Å². The molecule has 2 saturated heterocycles. The highest BCUT2D eigenvalue weighted by Gasteiger charge is 2.25. The third-order valence-electron chi connectivity index (χ3n) is 14.6. The summed E-state index contributed by atoms with van der Waals surface area (Å²) in [5.74, 6) is 3.63. The molecule has 2 fully saturated rings. The number of nitrogen functional groups attached to an aromatic ring is 1. The largest absolute Gasteiger partial charge is 0.494 e. The fourth-order valence-corrected chi connectivity index (χ4v) is 10.3. The maximum atomic E-state index is 9.75. The standard InChI is InChI=1S/C55H75N15O3/c1-6-41-38-60-70-51(35-52(63-54(41)70)69-24-10-9-13-42(69)19-31-71)58-36-40-16-17-53(59-37-40)73-32-12-23-68-29-27-67(28-30-68)22-11-21-64(2)25-26-65(3)49-34-50(72-5)47(33-45(49)56)62-55-57-20-18-46(61-55)44-39-66(4)48-15-8-7-14-43(44)48/h7-8,14-18,20,33-35,37-39,42,58,71H,6,9-13,19,21-32,36,56H2,1-5H3,(H,57,61,62)/t42-/m0/s1. The predicted molar refractivity (Wildman–Crippen MR) is 294 cm³/mol. The lowest BCUT2D eigenvalue weighted by Crippen LogP contribution is -2.47. The molecule has 73 heavy (non-hydrogen) atoms. The number of likely N-dealkylation sites (N-methyl/N-ethyl adjacent to an activating group) is 2. The fraction of sp³-hybridized carbons (Fsp3) is 0.473. The number of aliphatic hydroxyl groups is 1. The number of aromatic nitrogens is 7. The summed E-state index contributed by atoms with van der Waals surface area (Å²) in [4.78, 5) is 31.2. The molecule has 0 spiro atoms. The Morgan fingerprint density at radius 1 is 0.890 bits per heavy atom. The first-order chi connectivity index (χ1) is 35.7. The number of benzene rings is 2. The highest BCUT2D eigenvalue weighted by Crippen LogP contribution is 2.37. The van der Waals surface area contributed by atoms with E-state index in [9.17, 15) is 5.11 Å².